The van der Waals surface area contributed by atoms with Crippen LogP contribution in [0.25, 0.3) is 0 Å². The highest BCUT2D eigenvalue weighted by Crippen LogP contribution is 2.55. The summed E-state index contributed by atoms with van der Waals surface area (Å²) in [7, 11) is 0. The third kappa shape index (κ3) is 2.50. The summed E-state index contributed by atoms with van der Waals surface area (Å²) in [6.45, 7) is 0. The van der Waals surface area contributed by atoms with E-state index in [1.807, 2.05) is 6.07 Å². The smallest absolute Gasteiger partial charge is 0.306 e. The molecule has 0 aromatic carbocycles. The van der Waals surface area contributed by atoms with Gasteiger partial charge in [0.05, 0.1) is 18.4 Å². The molecule has 0 aliphatic heterocycles. The summed E-state index contributed by atoms with van der Waals surface area (Å²) in [5.41, 5.74) is 1.01. The molecule has 1 heterocycles. The second-order valence-electron chi connectivity index (χ2n) is 5.55. The molecular weight excluding hydrogens is 246 g/mol. The van der Waals surface area contributed by atoms with E-state index in [2.05, 4.69) is 5.32 Å². The summed E-state index contributed by atoms with van der Waals surface area (Å²) >= 11 is 0. The fourth-order valence-corrected chi connectivity index (χ4v) is 3.21. The predicted octanol–water partition coefficient (Wildman–Crippen LogP) is 1.44. The van der Waals surface area contributed by atoms with Gasteiger partial charge in [-0.25, -0.2) is 0 Å². The Morgan fingerprint density at radius 3 is 2.84 bits per heavy atom. The summed E-state index contributed by atoms with van der Waals surface area (Å²) in [5.74, 6) is -0.301. The maximum Gasteiger partial charge on any atom is 0.306 e. The highest BCUT2D eigenvalue weighted by Gasteiger charge is 2.57. The molecule has 5 nitrogen and oxygen atoms in total. The molecule has 2 N–H and O–H groups in total. The molecule has 19 heavy (non-hydrogen) atoms. The van der Waals surface area contributed by atoms with Gasteiger partial charge in [-0.2, -0.15) is 0 Å². The monoisotopic (exact) mass is 263 g/mol. The fourth-order valence-electron chi connectivity index (χ4n) is 3.21. The SMILES string of the molecule is O=C(CCc1ccoc1)N[C@H]1C[C@@H](C(=O)O)[C@@H]2C[C@@H]21. The van der Waals surface area contributed by atoms with Crippen LogP contribution >= 0.6 is 0 Å². The van der Waals surface area contributed by atoms with Crippen molar-refractivity contribution in [3.8, 4) is 0 Å². The van der Waals surface area contributed by atoms with Crippen molar-refractivity contribution in [1.29, 1.82) is 0 Å². The van der Waals surface area contributed by atoms with E-state index < -0.39 is 5.97 Å². The number of hydrogen-bond donors (Lipinski definition) is 2. The maximum atomic E-state index is 11.8. The number of nitrogens with one attached hydrogen (secondary N) is 1. The zero-order valence-corrected chi connectivity index (χ0v) is 10.5. The Bertz CT molecular complexity index is 482. The largest absolute Gasteiger partial charge is 0.481 e. The number of carboxylic acid groups (broad SMARTS) is 1. The second-order valence-corrected chi connectivity index (χ2v) is 5.55. The standard InChI is InChI=1S/C14H17NO4/c16-13(2-1-8-3-4-19-7-8)15-12-6-11(14(17)18)9-5-10(9)12/h3-4,7,9-12H,1-2,5-6H2,(H,15,16)(H,17,18)/t9-,10+,11-,12+/m1/s1. The summed E-state index contributed by atoms with van der Waals surface area (Å²) < 4.78 is 4.95. The van der Waals surface area contributed by atoms with Crippen LogP contribution in [0.5, 0.6) is 0 Å². The number of carbonyl (C=O) groups is 2. The number of carbonyl (C=O) groups excluding carboxylic acids is 1. The Labute approximate surface area is 111 Å². The molecule has 1 aromatic rings. The third-order valence-electron chi connectivity index (χ3n) is 4.32. The van der Waals surface area contributed by atoms with Gasteiger partial charge in [0.2, 0.25) is 5.91 Å². The number of aliphatic carboxylic acids is 1. The minimum atomic E-state index is -0.720. The Kier molecular flexibility index (Phi) is 3.05. The Balaban J connectivity index is 1.47. The summed E-state index contributed by atoms with van der Waals surface area (Å²) in [4.78, 5) is 22.9. The van der Waals surface area contributed by atoms with Crippen molar-refractivity contribution in [2.45, 2.75) is 31.7 Å². The Hall–Kier alpha value is -1.78. The van der Waals surface area contributed by atoms with Crippen LogP contribution in [0, 0.1) is 17.8 Å². The van der Waals surface area contributed by atoms with Crippen molar-refractivity contribution in [1.82, 2.24) is 5.32 Å². The molecule has 0 bridgehead atoms. The van der Waals surface area contributed by atoms with E-state index in [-0.39, 0.29) is 23.8 Å². The molecule has 1 amide bonds. The van der Waals surface area contributed by atoms with Crippen LogP contribution in [-0.4, -0.2) is 23.0 Å². The molecule has 0 saturated heterocycles. The van der Waals surface area contributed by atoms with Crippen molar-refractivity contribution in [2.75, 3.05) is 0 Å². The second kappa shape index (κ2) is 4.72. The van der Waals surface area contributed by atoms with Crippen LogP contribution in [0.4, 0.5) is 0 Å². The van der Waals surface area contributed by atoms with Crippen molar-refractivity contribution < 1.29 is 19.1 Å². The predicted molar refractivity (Wildman–Crippen MR) is 66.3 cm³/mol. The summed E-state index contributed by atoms with van der Waals surface area (Å²) in [5, 5.41) is 12.1. The molecule has 102 valence electrons. The normalized spacial score (nSPS) is 31.8. The lowest BCUT2D eigenvalue weighted by Crippen LogP contribution is -2.36. The first kappa shape index (κ1) is 12.3. The maximum absolute atomic E-state index is 11.8. The first-order valence-electron chi connectivity index (χ1n) is 6.68. The van der Waals surface area contributed by atoms with E-state index in [1.54, 1.807) is 12.5 Å². The van der Waals surface area contributed by atoms with Crippen LogP contribution in [-0.2, 0) is 16.0 Å². The summed E-state index contributed by atoms with van der Waals surface area (Å²) in [6.07, 6.45) is 5.85. The molecule has 2 fully saturated rings. The fraction of sp³-hybridized carbons (Fsp3) is 0.571. The average Bonchev–Trinajstić information content (AvgIpc) is 2.84. The van der Waals surface area contributed by atoms with E-state index in [1.165, 1.54) is 0 Å². The van der Waals surface area contributed by atoms with Crippen LogP contribution in [0.3, 0.4) is 0 Å². The summed E-state index contributed by atoms with van der Waals surface area (Å²) in [6, 6.07) is 1.91. The quantitative estimate of drug-likeness (QED) is 0.842. The number of amides is 1. The zero-order valence-electron chi connectivity index (χ0n) is 10.5. The molecule has 5 heteroatoms. The molecule has 2 aliphatic rings. The van der Waals surface area contributed by atoms with Gasteiger partial charge in [0.1, 0.15) is 0 Å². The van der Waals surface area contributed by atoms with Crippen molar-refractivity contribution in [3.05, 3.63) is 24.2 Å². The lowest BCUT2D eigenvalue weighted by molar-refractivity contribution is -0.142. The number of aryl methyl sites for hydroxylation is 1. The van der Waals surface area contributed by atoms with E-state index >= 15 is 0 Å². The molecule has 0 unspecified atom stereocenters. The molecule has 4 atom stereocenters. The number of furan rings is 1. The number of fused-ring (bicyclic) bond motifs is 1. The molecule has 2 saturated carbocycles. The Morgan fingerprint density at radius 2 is 2.21 bits per heavy atom. The van der Waals surface area contributed by atoms with Gasteiger partial charge in [-0.05, 0) is 42.7 Å². The van der Waals surface area contributed by atoms with Gasteiger partial charge >= 0.3 is 5.97 Å². The van der Waals surface area contributed by atoms with Gasteiger partial charge in [-0.1, -0.05) is 0 Å². The minimum absolute atomic E-state index is 0.00267. The van der Waals surface area contributed by atoms with Crippen LogP contribution in [0.2, 0.25) is 0 Å². The van der Waals surface area contributed by atoms with Crippen LogP contribution in [0.15, 0.2) is 23.0 Å². The number of hydrogen-bond acceptors (Lipinski definition) is 3. The number of rotatable bonds is 5. The van der Waals surface area contributed by atoms with E-state index in [4.69, 9.17) is 9.52 Å². The van der Waals surface area contributed by atoms with Gasteiger partial charge in [0.15, 0.2) is 0 Å². The number of carboxylic acids is 1. The van der Waals surface area contributed by atoms with E-state index in [0.29, 0.717) is 25.2 Å². The average molecular weight is 263 g/mol. The Morgan fingerprint density at radius 1 is 1.37 bits per heavy atom. The first-order chi connectivity index (χ1) is 9.15. The zero-order chi connectivity index (χ0) is 13.4. The molecule has 1 aromatic heterocycles. The lowest BCUT2D eigenvalue weighted by Gasteiger charge is -2.15. The molecule has 0 spiro atoms. The van der Waals surface area contributed by atoms with E-state index in [0.717, 1.165) is 12.0 Å². The van der Waals surface area contributed by atoms with Gasteiger partial charge in [0.25, 0.3) is 0 Å². The first-order valence-corrected chi connectivity index (χ1v) is 6.68. The van der Waals surface area contributed by atoms with Crippen molar-refractivity contribution >= 4 is 11.9 Å². The third-order valence-corrected chi connectivity index (χ3v) is 4.32. The molecular formula is C14H17NO4. The van der Waals surface area contributed by atoms with Gasteiger partial charge in [-0.15, -0.1) is 0 Å². The van der Waals surface area contributed by atoms with Gasteiger partial charge in [-0.3, -0.25) is 9.59 Å². The van der Waals surface area contributed by atoms with Crippen LogP contribution in [0.1, 0.15) is 24.8 Å². The highest BCUT2D eigenvalue weighted by atomic mass is 16.4. The van der Waals surface area contributed by atoms with Crippen molar-refractivity contribution in [2.24, 2.45) is 17.8 Å². The molecule has 2 aliphatic carbocycles. The minimum Gasteiger partial charge on any atom is -0.481 e. The highest BCUT2D eigenvalue weighted by molar-refractivity contribution is 5.77. The van der Waals surface area contributed by atoms with E-state index in [9.17, 15) is 9.59 Å². The van der Waals surface area contributed by atoms with Crippen LogP contribution < -0.4 is 5.32 Å². The van der Waals surface area contributed by atoms with Gasteiger partial charge in [0, 0.05) is 12.5 Å². The lowest BCUT2D eigenvalue weighted by atomic mass is 10.0. The molecule has 0 radical (unpaired) electrons. The molecule has 3 rings (SSSR count). The van der Waals surface area contributed by atoms with Gasteiger partial charge < -0.3 is 14.8 Å². The van der Waals surface area contributed by atoms with Crippen molar-refractivity contribution in [3.63, 3.8) is 0 Å². The topological polar surface area (TPSA) is 79.5 Å².